The van der Waals surface area contributed by atoms with Crippen molar-refractivity contribution in [3.8, 4) is 45.3 Å². The molecule has 3 aromatic heterocycles. The molecule has 8 aromatic rings. The van der Waals surface area contributed by atoms with Gasteiger partial charge in [0.15, 0.2) is 0 Å². The summed E-state index contributed by atoms with van der Waals surface area (Å²) in [5, 5.41) is 7.22. The van der Waals surface area contributed by atoms with Crippen LogP contribution in [0.25, 0.3) is 55.6 Å². The zero-order valence-corrected chi connectivity index (χ0v) is 34.3. The zero-order chi connectivity index (χ0) is 37.1. The van der Waals surface area contributed by atoms with E-state index in [4.69, 9.17) is 14.8 Å². The summed E-state index contributed by atoms with van der Waals surface area (Å²) in [6, 6.07) is 47.5. The maximum Gasteiger partial charge on any atom is 2.00 e. The smallest absolute Gasteiger partial charge is 0.509 e. The van der Waals surface area contributed by atoms with Gasteiger partial charge >= 0.3 is 21.1 Å². The number of pyridine rings is 1. The topological polar surface area (TPSA) is 44.9 Å². The van der Waals surface area contributed by atoms with E-state index in [0.29, 0.717) is 11.5 Å². The molecule has 5 aromatic carbocycles. The fourth-order valence-corrected chi connectivity index (χ4v) is 7.19. The van der Waals surface area contributed by atoms with Gasteiger partial charge < -0.3 is 9.30 Å². The van der Waals surface area contributed by atoms with Crippen molar-refractivity contribution in [2.75, 3.05) is 0 Å². The molecule has 0 aliphatic heterocycles. The quantitative estimate of drug-likeness (QED) is 0.156. The van der Waals surface area contributed by atoms with Crippen molar-refractivity contribution in [3.05, 3.63) is 156 Å². The number of benzene rings is 5. The average Bonchev–Trinajstić information content (AvgIpc) is 3.63. The van der Waals surface area contributed by atoms with Crippen LogP contribution in [-0.4, -0.2) is 19.3 Å². The molecule has 0 aliphatic carbocycles. The number of hydrogen-bond donors (Lipinski definition) is 0. The van der Waals surface area contributed by atoms with Crippen LogP contribution in [0.5, 0.6) is 11.5 Å². The molecule has 0 amide bonds. The molecule has 0 fully saturated rings. The Morgan fingerprint density at radius 3 is 1.98 bits per heavy atom. The van der Waals surface area contributed by atoms with Crippen LogP contribution in [0.2, 0.25) is 0 Å². The van der Waals surface area contributed by atoms with Crippen LogP contribution >= 0.6 is 0 Å². The van der Waals surface area contributed by atoms with Crippen molar-refractivity contribution in [1.29, 1.82) is 0 Å². The first-order chi connectivity index (χ1) is 25.3. The molecule has 8 rings (SSSR count). The number of aromatic nitrogens is 4. The minimum atomic E-state index is -0.138. The Kier molecular flexibility index (Phi) is 9.74. The first-order valence-electron chi connectivity index (χ1n) is 18.3. The fraction of sp³-hybridized carbons (Fsp3) is 0.208. The van der Waals surface area contributed by atoms with Crippen LogP contribution in [-0.2, 0) is 31.9 Å². The number of fused-ring (bicyclic) bond motifs is 3. The van der Waals surface area contributed by atoms with E-state index < -0.39 is 0 Å². The first kappa shape index (κ1) is 37.1. The Labute approximate surface area is 332 Å². The number of aryl methyl sites for hydroxylation is 1. The van der Waals surface area contributed by atoms with Crippen molar-refractivity contribution >= 4 is 21.8 Å². The molecule has 6 heteroatoms. The van der Waals surface area contributed by atoms with E-state index in [9.17, 15) is 0 Å². The van der Waals surface area contributed by atoms with Gasteiger partial charge in [-0.25, -0.2) is 4.98 Å². The molecule has 0 saturated heterocycles. The van der Waals surface area contributed by atoms with Gasteiger partial charge in [-0.3, -0.25) is 4.68 Å². The SMILES string of the molecule is Cc1nn(-c2[c-]c(Oc3[c-]c4c(cc3)c3cc(-c5ccccc5)ccc3n4-c3cc(C(C)(C)C)ccn3)cc(C(C)(C)C)c2)c(C)c1-c1ccccc1.[Pt+2]. The minimum absolute atomic E-state index is 0. The third-order valence-electron chi connectivity index (χ3n) is 10.1. The van der Waals surface area contributed by atoms with Gasteiger partial charge in [0.1, 0.15) is 5.82 Å². The van der Waals surface area contributed by atoms with Gasteiger partial charge in [0.05, 0.1) is 5.69 Å². The molecule has 0 N–H and O–H groups in total. The van der Waals surface area contributed by atoms with E-state index in [1.54, 1.807) is 0 Å². The van der Waals surface area contributed by atoms with Gasteiger partial charge in [-0.15, -0.1) is 41.3 Å². The largest absolute Gasteiger partial charge is 2.00 e. The molecule has 54 heavy (non-hydrogen) atoms. The van der Waals surface area contributed by atoms with Gasteiger partial charge in [-0.1, -0.05) is 120 Å². The van der Waals surface area contributed by atoms with E-state index >= 15 is 0 Å². The molecule has 3 heterocycles. The maximum atomic E-state index is 6.72. The number of nitrogens with zero attached hydrogens (tertiary/aromatic N) is 4. The summed E-state index contributed by atoms with van der Waals surface area (Å²) in [4.78, 5) is 4.90. The Morgan fingerprint density at radius 1 is 0.611 bits per heavy atom. The molecule has 0 bridgehead atoms. The molecule has 0 unspecified atom stereocenters. The summed E-state index contributed by atoms with van der Waals surface area (Å²) in [5.74, 6) is 2.06. The van der Waals surface area contributed by atoms with Gasteiger partial charge in [0, 0.05) is 34.5 Å². The molecule has 0 saturated carbocycles. The molecule has 5 nitrogen and oxygen atoms in total. The monoisotopic (exact) mass is 887 g/mol. The first-order valence-corrected chi connectivity index (χ1v) is 18.3. The molecule has 0 aliphatic rings. The summed E-state index contributed by atoms with van der Waals surface area (Å²) >= 11 is 0. The predicted octanol–water partition coefficient (Wildman–Crippen LogP) is 12.3. The number of ether oxygens (including phenoxy) is 1. The fourth-order valence-electron chi connectivity index (χ4n) is 7.19. The molecule has 0 spiro atoms. The summed E-state index contributed by atoms with van der Waals surface area (Å²) in [7, 11) is 0. The second-order valence-corrected chi connectivity index (χ2v) is 16.0. The van der Waals surface area contributed by atoms with Crippen LogP contribution in [0.15, 0.2) is 121 Å². The van der Waals surface area contributed by atoms with E-state index in [0.717, 1.165) is 67.0 Å². The van der Waals surface area contributed by atoms with Crippen molar-refractivity contribution in [1.82, 2.24) is 19.3 Å². The van der Waals surface area contributed by atoms with Crippen molar-refractivity contribution in [2.24, 2.45) is 0 Å². The second-order valence-electron chi connectivity index (χ2n) is 16.0. The Morgan fingerprint density at radius 2 is 1.30 bits per heavy atom. The third kappa shape index (κ3) is 6.94. The standard InChI is InChI=1S/C48H44N4O.Pt/c1-31-46(34-17-13-10-14-18-34)32(2)52(50-31)38-26-37(48(6,7)8)27-40(29-38)53-39-20-21-41-42-25-35(33-15-11-9-12-16-33)19-22-43(42)51(44(41)30-39)45-28-36(23-24-49-45)47(3,4)5;/h9-28H,1-8H3;/q-2;+2. The van der Waals surface area contributed by atoms with Crippen LogP contribution in [0, 0.1) is 26.0 Å². The predicted molar refractivity (Wildman–Crippen MR) is 218 cm³/mol. The van der Waals surface area contributed by atoms with Crippen molar-refractivity contribution in [3.63, 3.8) is 0 Å². The summed E-state index contributed by atoms with van der Waals surface area (Å²) in [6.45, 7) is 17.5. The van der Waals surface area contributed by atoms with Crippen LogP contribution in [0.1, 0.15) is 64.1 Å². The molecule has 0 radical (unpaired) electrons. The Balaban J connectivity index is 0.00000450. The van der Waals surface area contributed by atoms with E-state index in [-0.39, 0.29) is 31.9 Å². The third-order valence-corrected chi connectivity index (χ3v) is 10.1. The summed E-state index contributed by atoms with van der Waals surface area (Å²) < 4.78 is 10.9. The minimum Gasteiger partial charge on any atom is -0.509 e. The van der Waals surface area contributed by atoms with Crippen molar-refractivity contribution < 1.29 is 25.8 Å². The van der Waals surface area contributed by atoms with Gasteiger partial charge in [-0.2, -0.15) is 11.2 Å². The second kappa shape index (κ2) is 14.2. The van der Waals surface area contributed by atoms with Crippen LogP contribution < -0.4 is 4.74 Å². The van der Waals surface area contributed by atoms with Crippen LogP contribution in [0.3, 0.4) is 0 Å². The number of rotatable bonds is 6. The van der Waals surface area contributed by atoms with E-state index in [1.807, 2.05) is 23.0 Å². The summed E-state index contributed by atoms with van der Waals surface area (Å²) in [6.07, 6.45) is 1.91. The number of hydrogen-bond acceptors (Lipinski definition) is 3. The molecule has 0 atom stereocenters. The van der Waals surface area contributed by atoms with Gasteiger partial charge in [0.2, 0.25) is 0 Å². The summed E-state index contributed by atoms with van der Waals surface area (Å²) in [5.41, 5.74) is 11.6. The molecular weight excluding hydrogens is 844 g/mol. The molecule has 272 valence electrons. The van der Waals surface area contributed by atoms with Gasteiger partial charge in [0.25, 0.3) is 0 Å². The average molecular weight is 888 g/mol. The van der Waals surface area contributed by atoms with Gasteiger partial charge in [-0.05, 0) is 76.2 Å². The Hall–Kier alpha value is -5.25. The Bertz CT molecular complexity index is 2620. The molecular formula is C48H44N4OPt. The zero-order valence-electron chi connectivity index (χ0n) is 32.1. The maximum absolute atomic E-state index is 6.72. The van der Waals surface area contributed by atoms with Crippen LogP contribution in [0.4, 0.5) is 0 Å². The van der Waals surface area contributed by atoms with Crippen molar-refractivity contribution in [2.45, 2.75) is 66.2 Å². The van der Waals surface area contributed by atoms with E-state index in [1.165, 1.54) is 11.1 Å². The van der Waals surface area contributed by atoms with E-state index in [2.05, 4.69) is 175 Å². The normalized spacial score (nSPS) is 11.9.